The van der Waals surface area contributed by atoms with Gasteiger partial charge in [-0.2, -0.15) is 0 Å². The van der Waals surface area contributed by atoms with E-state index in [0.29, 0.717) is 42.4 Å². The quantitative estimate of drug-likeness (QED) is 0.540. The Hall–Kier alpha value is -2.87. The highest BCUT2D eigenvalue weighted by molar-refractivity contribution is 5.85. The Labute approximate surface area is 198 Å². The third kappa shape index (κ3) is 4.19. The van der Waals surface area contributed by atoms with Crippen LogP contribution in [-0.4, -0.2) is 51.3 Å². The molecule has 3 aromatic rings. The lowest BCUT2D eigenvalue weighted by Crippen LogP contribution is -2.57. The molecule has 178 valence electrons. The number of hydrogen-bond acceptors (Lipinski definition) is 7. The highest BCUT2D eigenvalue weighted by atomic mass is 19.1. The second kappa shape index (κ2) is 9.06. The monoisotopic (exact) mass is 463 g/mol. The standard InChI is InChI=1S/C26H30FN5O2/c1-2-21-25(27)22(31-15-30-21)9-16-3-5-18(6-4-16)34-24-11-17(10-23-26(24)29-8-7-28-23)32-13-19-12-20(14-32)33-19/h7-8,10-11,15-16,18-20H,2-6,9,12-14H2,1H3. The van der Waals surface area contributed by atoms with Crippen molar-refractivity contribution in [1.29, 1.82) is 0 Å². The minimum Gasteiger partial charge on any atom is -0.488 e. The second-order valence-corrected chi connectivity index (χ2v) is 9.79. The van der Waals surface area contributed by atoms with E-state index in [-0.39, 0.29) is 11.9 Å². The highest BCUT2D eigenvalue weighted by Crippen LogP contribution is 2.37. The molecule has 4 fully saturated rings. The van der Waals surface area contributed by atoms with Gasteiger partial charge in [0, 0.05) is 43.7 Å². The maximum atomic E-state index is 14.6. The van der Waals surface area contributed by atoms with E-state index in [2.05, 4.69) is 37.0 Å². The van der Waals surface area contributed by atoms with Crippen LogP contribution in [0.2, 0.25) is 0 Å². The molecular weight excluding hydrogens is 433 g/mol. The first kappa shape index (κ1) is 21.6. The van der Waals surface area contributed by atoms with Gasteiger partial charge in [-0.3, -0.25) is 4.98 Å². The van der Waals surface area contributed by atoms with Crippen LogP contribution in [0.1, 0.15) is 50.4 Å². The average molecular weight is 464 g/mol. The van der Waals surface area contributed by atoms with E-state index in [4.69, 9.17) is 9.47 Å². The van der Waals surface area contributed by atoms with Crippen LogP contribution in [0.5, 0.6) is 5.75 Å². The summed E-state index contributed by atoms with van der Waals surface area (Å²) >= 11 is 0. The van der Waals surface area contributed by atoms with Crippen LogP contribution in [0.15, 0.2) is 30.9 Å². The molecule has 5 heterocycles. The lowest BCUT2D eigenvalue weighted by Gasteiger charge is -2.48. The predicted octanol–water partition coefficient (Wildman–Crippen LogP) is 4.28. The smallest absolute Gasteiger partial charge is 0.166 e. The van der Waals surface area contributed by atoms with Crippen molar-refractivity contribution >= 4 is 16.7 Å². The number of morpholine rings is 1. The third-order valence-electron chi connectivity index (χ3n) is 7.49. The molecule has 3 saturated heterocycles. The fraction of sp³-hybridized carbons (Fsp3) is 0.538. The van der Waals surface area contributed by atoms with Crippen LogP contribution < -0.4 is 9.64 Å². The molecule has 1 aromatic carbocycles. The maximum absolute atomic E-state index is 14.6. The summed E-state index contributed by atoms with van der Waals surface area (Å²) in [5.74, 6) is 0.988. The Morgan fingerprint density at radius 2 is 1.74 bits per heavy atom. The van der Waals surface area contributed by atoms with Crippen LogP contribution >= 0.6 is 0 Å². The molecule has 0 amide bonds. The van der Waals surface area contributed by atoms with E-state index in [1.54, 1.807) is 12.4 Å². The molecule has 0 radical (unpaired) electrons. The predicted molar refractivity (Wildman–Crippen MR) is 126 cm³/mol. The molecule has 7 nitrogen and oxygen atoms in total. The summed E-state index contributed by atoms with van der Waals surface area (Å²) in [6, 6.07) is 4.23. The number of piperidine rings is 1. The van der Waals surface area contributed by atoms with Crippen LogP contribution in [0.4, 0.5) is 10.1 Å². The van der Waals surface area contributed by atoms with Gasteiger partial charge in [-0.1, -0.05) is 6.92 Å². The number of aryl methyl sites for hydroxylation is 1. The van der Waals surface area contributed by atoms with Crippen molar-refractivity contribution in [2.45, 2.75) is 70.2 Å². The summed E-state index contributed by atoms with van der Waals surface area (Å²) in [5.41, 5.74) is 3.85. The number of ether oxygens (including phenoxy) is 2. The molecule has 8 heteroatoms. The molecule has 0 N–H and O–H groups in total. The Morgan fingerprint density at radius 1 is 1.00 bits per heavy atom. The average Bonchev–Trinajstić information content (AvgIpc) is 2.86. The number of benzene rings is 1. The Bertz CT molecular complexity index is 1170. The van der Waals surface area contributed by atoms with Gasteiger partial charge in [-0.25, -0.2) is 19.3 Å². The van der Waals surface area contributed by atoms with E-state index in [9.17, 15) is 4.39 Å². The molecule has 0 spiro atoms. The molecule has 1 aliphatic carbocycles. The van der Waals surface area contributed by atoms with E-state index in [1.165, 1.54) is 6.33 Å². The van der Waals surface area contributed by atoms with Gasteiger partial charge in [0.25, 0.3) is 0 Å². The zero-order valence-corrected chi connectivity index (χ0v) is 19.5. The van der Waals surface area contributed by atoms with Gasteiger partial charge >= 0.3 is 0 Å². The van der Waals surface area contributed by atoms with Crippen molar-refractivity contribution in [2.24, 2.45) is 5.92 Å². The van der Waals surface area contributed by atoms with Gasteiger partial charge in [-0.15, -0.1) is 0 Å². The van der Waals surface area contributed by atoms with Crippen molar-refractivity contribution in [1.82, 2.24) is 19.9 Å². The second-order valence-electron chi connectivity index (χ2n) is 9.79. The van der Waals surface area contributed by atoms with Gasteiger partial charge in [0.2, 0.25) is 0 Å². The summed E-state index contributed by atoms with van der Waals surface area (Å²) in [6.45, 7) is 3.74. The first-order chi connectivity index (χ1) is 16.7. The largest absolute Gasteiger partial charge is 0.488 e. The van der Waals surface area contributed by atoms with Crippen molar-refractivity contribution in [3.8, 4) is 5.75 Å². The molecule has 2 bridgehead atoms. The van der Waals surface area contributed by atoms with Gasteiger partial charge in [0.15, 0.2) is 5.82 Å². The van der Waals surface area contributed by atoms with Crippen LogP contribution in [-0.2, 0) is 17.6 Å². The number of halogens is 1. The topological polar surface area (TPSA) is 73.3 Å². The molecule has 3 aliphatic heterocycles. The minimum absolute atomic E-state index is 0.122. The van der Waals surface area contributed by atoms with E-state index in [1.807, 2.05) is 6.92 Å². The normalized spacial score (nSPS) is 26.4. The third-order valence-corrected chi connectivity index (χ3v) is 7.49. The van der Waals surface area contributed by atoms with E-state index < -0.39 is 0 Å². The summed E-state index contributed by atoms with van der Waals surface area (Å²) in [4.78, 5) is 19.8. The summed E-state index contributed by atoms with van der Waals surface area (Å²) in [6.07, 6.45) is 12.0. The van der Waals surface area contributed by atoms with Gasteiger partial charge in [0.05, 0.1) is 35.2 Å². The molecule has 2 atom stereocenters. The number of anilines is 1. The van der Waals surface area contributed by atoms with Crippen molar-refractivity contribution in [3.63, 3.8) is 0 Å². The lowest BCUT2D eigenvalue weighted by molar-refractivity contribution is -0.133. The lowest BCUT2D eigenvalue weighted by atomic mass is 9.84. The fourth-order valence-electron chi connectivity index (χ4n) is 5.61. The van der Waals surface area contributed by atoms with Crippen LogP contribution in [0.25, 0.3) is 11.0 Å². The number of aromatic nitrogens is 4. The van der Waals surface area contributed by atoms with Gasteiger partial charge < -0.3 is 14.4 Å². The molecule has 2 aromatic heterocycles. The molecular formula is C26H30FN5O2. The number of rotatable bonds is 6. The van der Waals surface area contributed by atoms with E-state index >= 15 is 0 Å². The Balaban J connectivity index is 1.15. The number of nitrogens with zero attached hydrogens (tertiary/aromatic N) is 5. The molecule has 1 saturated carbocycles. The van der Waals surface area contributed by atoms with Crippen molar-refractivity contribution in [3.05, 3.63) is 48.1 Å². The molecule has 2 unspecified atom stereocenters. The fourth-order valence-corrected chi connectivity index (χ4v) is 5.61. The zero-order chi connectivity index (χ0) is 23.1. The zero-order valence-electron chi connectivity index (χ0n) is 19.5. The van der Waals surface area contributed by atoms with Crippen molar-refractivity contribution < 1.29 is 13.9 Å². The minimum atomic E-state index is -0.231. The van der Waals surface area contributed by atoms with Crippen LogP contribution in [0, 0.1) is 11.7 Å². The maximum Gasteiger partial charge on any atom is 0.166 e. The first-order valence-electron chi connectivity index (χ1n) is 12.5. The summed E-state index contributed by atoms with van der Waals surface area (Å²) in [5, 5.41) is 0. The molecule has 34 heavy (non-hydrogen) atoms. The SMILES string of the molecule is CCc1ncnc(CC2CCC(Oc3cc(N4CC5CC(C4)O5)cc4nccnc34)CC2)c1F. The number of fused-ring (bicyclic) bond motifs is 3. The van der Waals surface area contributed by atoms with Crippen molar-refractivity contribution in [2.75, 3.05) is 18.0 Å². The van der Waals surface area contributed by atoms with Gasteiger partial charge in [-0.05, 0) is 50.5 Å². The highest BCUT2D eigenvalue weighted by Gasteiger charge is 2.38. The molecule has 4 aliphatic rings. The number of hydrogen-bond donors (Lipinski definition) is 0. The molecule has 7 rings (SSSR count). The van der Waals surface area contributed by atoms with E-state index in [0.717, 1.165) is 67.7 Å². The van der Waals surface area contributed by atoms with Crippen LogP contribution in [0.3, 0.4) is 0 Å². The summed E-state index contributed by atoms with van der Waals surface area (Å²) < 4.78 is 26.9. The summed E-state index contributed by atoms with van der Waals surface area (Å²) in [7, 11) is 0. The van der Waals surface area contributed by atoms with Gasteiger partial charge in [0.1, 0.15) is 17.6 Å². The Morgan fingerprint density at radius 3 is 2.50 bits per heavy atom. The Kier molecular flexibility index (Phi) is 5.77. The first-order valence-corrected chi connectivity index (χ1v) is 12.5.